The Balaban J connectivity index is 1.66. The summed E-state index contributed by atoms with van der Waals surface area (Å²) in [7, 11) is 0. The van der Waals surface area contributed by atoms with E-state index in [2.05, 4.69) is 0 Å². The second kappa shape index (κ2) is 5.86. The number of carbonyl (C=O) groups excluding carboxylic acids is 3. The largest absolute Gasteiger partial charge is 0.465 e. The van der Waals surface area contributed by atoms with Crippen LogP contribution < -0.4 is 4.90 Å². The Kier molecular flexibility index (Phi) is 3.75. The van der Waals surface area contributed by atoms with Crippen molar-refractivity contribution in [3.05, 3.63) is 30.5 Å². The number of esters is 1. The predicted molar refractivity (Wildman–Crippen MR) is 95.8 cm³/mol. The van der Waals surface area contributed by atoms with E-state index in [9.17, 15) is 14.4 Å². The molecule has 0 N–H and O–H groups in total. The topological polar surface area (TPSA) is 71.8 Å². The molecule has 3 amide bonds. The van der Waals surface area contributed by atoms with Gasteiger partial charge in [-0.3, -0.25) is 9.59 Å². The van der Waals surface area contributed by atoms with Gasteiger partial charge >= 0.3 is 12.0 Å². The Morgan fingerprint density at radius 2 is 2.08 bits per heavy atom. The number of hydrogen-bond donors (Lipinski definition) is 0. The van der Waals surface area contributed by atoms with Crippen molar-refractivity contribution >= 4 is 34.5 Å². The number of anilines is 1. The Labute approximate surface area is 151 Å². The minimum Gasteiger partial charge on any atom is -0.465 e. The molecule has 2 fully saturated rings. The van der Waals surface area contributed by atoms with Gasteiger partial charge < -0.3 is 14.2 Å². The number of ether oxygens (including phenoxy) is 1. The molecule has 2 aliphatic rings. The summed E-state index contributed by atoms with van der Waals surface area (Å²) in [5.41, 5.74) is 0.701. The zero-order chi connectivity index (χ0) is 18.5. The number of rotatable bonds is 4. The van der Waals surface area contributed by atoms with Crippen LogP contribution in [0.5, 0.6) is 0 Å². The van der Waals surface area contributed by atoms with Crippen molar-refractivity contribution in [1.29, 1.82) is 0 Å². The summed E-state index contributed by atoms with van der Waals surface area (Å²) in [6.45, 7) is 4.71. The van der Waals surface area contributed by atoms with Gasteiger partial charge in [0.05, 0.1) is 12.3 Å². The molecule has 2 saturated heterocycles. The zero-order valence-corrected chi connectivity index (χ0v) is 14.9. The summed E-state index contributed by atoms with van der Waals surface area (Å²) in [5, 5.41) is 0.865. The van der Waals surface area contributed by atoms with Gasteiger partial charge in [-0.2, -0.15) is 0 Å². The zero-order valence-electron chi connectivity index (χ0n) is 14.9. The van der Waals surface area contributed by atoms with Crippen molar-refractivity contribution in [2.45, 2.75) is 38.8 Å². The summed E-state index contributed by atoms with van der Waals surface area (Å²) in [6.07, 6.45) is 3.36. The molecule has 7 heteroatoms. The summed E-state index contributed by atoms with van der Waals surface area (Å²) >= 11 is 0. The molecule has 136 valence electrons. The maximum atomic E-state index is 12.9. The van der Waals surface area contributed by atoms with Crippen LogP contribution in [0.4, 0.5) is 10.5 Å². The van der Waals surface area contributed by atoms with E-state index in [4.69, 9.17) is 4.74 Å². The molecule has 7 nitrogen and oxygen atoms in total. The molecule has 0 bridgehead atoms. The lowest BCUT2D eigenvalue weighted by Crippen LogP contribution is -2.41. The van der Waals surface area contributed by atoms with E-state index in [1.807, 2.05) is 25.1 Å². The standard InChI is InChI=1S/C19H21N3O4/c1-3-26-16(23)12-20-10-7-13-11-14(5-6-15(13)20)22-17(24)19(2)8-4-9-21(19)18(22)25/h5-7,10-11H,3-4,8-9,12H2,1-2H3. The van der Waals surface area contributed by atoms with E-state index in [0.29, 0.717) is 25.3 Å². The van der Waals surface area contributed by atoms with Gasteiger partial charge in [-0.25, -0.2) is 9.69 Å². The summed E-state index contributed by atoms with van der Waals surface area (Å²) in [6, 6.07) is 7.02. The normalized spacial score (nSPS) is 22.4. The Bertz CT molecular complexity index is 919. The highest BCUT2D eigenvalue weighted by Crippen LogP contribution is 2.40. The van der Waals surface area contributed by atoms with Crippen LogP contribution in [0.2, 0.25) is 0 Å². The van der Waals surface area contributed by atoms with E-state index in [1.54, 1.807) is 28.7 Å². The van der Waals surface area contributed by atoms with E-state index in [1.165, 1.54) is 4.90 Å². The molecule has 3 heterocycles. The molecule has 0 saturated carbocycles. The van der Waals surface area contributed by atoms with Gasteiger partial charge in [-0.15, -0.1) is 0 Å². The Morgan fingerprint density at radius 3 is 2.81 bits per heavy atom. The SMILES string of the molecule is CCOC(=O)Cn1ccc2cc(N3C(=O)N4CCCC4(C)C3=O)ccc21. The van der Waals surface area contributed by atoms with Gasteiger partial charge in [0.25, 0.3) is 5.91 Å². The van der Waals surface area contributed by atoms with Crippen molar-refractivity contribution in [1.82, 2.24) is 9.47 Å². The molecule has 0 aliphatic carbocycles. The van der Waals surface area contributed by atoms with Crippen molar-refractivity contribution in [3.8, 4) is 0 Å². The number of nitrogens with zero attached hydrogens (tertiary/aromatic N) is 3. The highest BCUT2D eigenvalue weighted by Gasteiger charge is 2.56. The first-order valence-corrected chi connectivity index (χ1v) is 8.86. The van der Waals surface area contributed by atoms with Gasteiger partial charge in [0, 0.05) is 23.6 Å². The number of benzene rings is 1. The molecule has 0 spiro atoms. The first-order chi connectivity index (χ1) is 12.5. The molecule has 4 rings (SSSR count). The van der Waals surface area contributed by atoms with Crippen LogP contribution in [-0.4, -0.2) is 46.1 Å². The maximum Gasteiger partial charge on any atom is 0.332 e. The molecule has 2 aliphatic heterocycles. The van der Waals surface area contributed by atoms with Crippen LogP contribution in [0, 0.1) is 0 Å². The molecule has 1 aromatic heterocycles. The molecule has 2 aromatic rings. The molecule has 0 radical (unpaired) electrons. The average Bonchev–Trinajstić information content (AvgIpc) is 3.23. The smallest absolute Gasteiger partial charge is 0.332 e. The average molecular weight is 355 g/mol. The maximum absolute atomic E-state index is 12.9. The van der Waals surface area contributed by atoms with Gasteiger partial charge in [0.15, 0.2) is 0 Å². The molecule has 1 atom stereocenters. The predicted octanol–water partition coefficient (Wildman–Crippen LogP) is 2.53. The monoisotopic (exact) mass is 355 g/mol. The summed E-state index contributed by atoms with van der Waals surface area (Å²) in [4.78, 5) is 40.3. The second-order valence-corrected chi connectivity index (χ2v) is 6.94. The fourth-order valence-corrected chi connectivity index (χ4v) is 3.98. The quantitative estimate of drug-likeness (QED) is 0.624. The highest BCUT2D eigenvalue weighted by molar-refractivity contribution is 6.23. The van der Waals surface area contributed by atoms with Gasteiger partial charge in [-0.05, 0) is 51.0 Å². The van der Waals surface area contributed by atoms with Crippen LogP contribution in [-0.2, 0) is 20.9 Å². The molecular weight excluding hydrogens is 334 g/mol. The number of imide groups is 1. The lowest BCUT2D eigenvalue weighted by Gasteiger charge is -2.22. The third-order valence-corrected chi connectivity index (χ3v) is 5.34. The summed E-state index contributed by atoms with van der Waals surface area (Å²) < 4.78 is 6.78. The van der Waals surface area contributed by atoms with E-state index in [0.717, 1.165) is 17.3 Å². The van der Waals surface area contributed by atoms with Crippen LogP contribution in [0.25, 0.3) is 10.9 Å². The number of aromatic nitrogens is 1. The first kappa shape index (κ1) is 16.6. The third-order valence-electron chi connectivity index (χ3n) is 5.34. The van der Waals surface area contributed by atoms with Crippen LogP contribution in [0.1, 0.15) is 26.7 Å². The van der Waals surface area contributed by atoms with Crippen LogP contribution in [0.3, 0.4) is 0 Å². The Morgan fingerprint density at radius 1 is 1.27 bits per heavy atom. The van der Waals surface area contributed by atoms with Crippen molar-refractivity contribution in [3.63, 3.8) is 0 Å². The minimum absolute atomic E-state index is 0.129. The number of carbonyl (C=O) groups is 3. The minimum atomic E-state index is -0.720. The Hall–Kier alpha value is -2.83. The molecule has 1 unspecified atom stereocenters. The summed E-state index contributed by atoms with van der Waals surface area (Å²) in [5.74, 6) is -0.460. The van der Waals surface area contributed by atoms with Gasteiger partial charge in [-0.1, -0.05) is 0 Å². The number of urea groups is 1. The number of fused-ring (bicyclic) bond motifs is 2. The number of hydrogen-bond acceptors (Lipinski definition) is 4. The van der Waals surface area contributed by atoms with E-state index in [-0.39, 0.29) is 24.5 Å². The second-order valence-electron chi connectivity index (χ2n) is 6.94. The first-order valence-electron chi connectivity index (χ1n) is 8.86. The van der Waals surface area contributed by atoms with Gasteiger partial charge in [0.1, 0.15) is 12.1 Å². The number of amides is 3. The lowest BCUT2D eigenvalue weighted by molar-refractivity contribution is -0.143. The van der Waals surface area contributed by atoms with E-state index < -0.39 is 5.54 Å². The molecular formula is C19H21N3O4. The van der Waals surface area contributed by atoms with Crippen molar-refractivity contribution in [2.24, 2.45) is 0 Å². The van der Waals surface area contributed by atoms with Crippen LogP contribution >= 0.6 is 0 Å². The molecule has 1 aromatic carbocycles. The fourth-order valence-electron chi connectivity index (χ4n) is 3.98. The lowest BCUT2D eigenvalue weighted by atomic mass is 9.99. The van der Waals surface area contributed by atoms with Crippen molar-refractivity contribution < 1.29 is 19.1 Å². The van der Waals surface area contributed by atoms with Crippen molar-refractivity contribution in [2.75, 3.05) is 18.1 Å². The third kappa shape index (κ3) is 2.30. The molecule has 26 heavy (non-hydrogen) atoms. The van der Waals surface area contributed by atoms with Crippen LogP contribution in [0.15, 0.2) is 30.5 Å². The highest BCUT2D eigenvalue weighted by atomic mass is 16.5. The van der Waals surface area contributed by atoms with E-state index >= 15 is 0 Å². The fraction of sp³-hybridized carbons (Fsp3) is 0.421. The van der Waals surface area contributed by atoms with Gasteiger partial charge in [0.2, 0.25) is 0 Å².